The molecule has 0 saturated heterocycles. The summed E-state index contributed by atoms with van der Waals surface area (Å²) in [6, 6.07) is 0.248. The van der Waals surface area contributed by atoms with E-state index in [1.807, 2.05) is 0 Å². The van der Waals surface area contributed by atoms with E-state index in [1.54, 1.807) is 13.8 Å². The number of carbonyl (C=O) groups excluding carboxylic acids is 2. The predicted octanol–water partition coefficient (Wildman–Crippen LogP) is 1.21. The minimum atomic E-state index is -0.0815. The van der Waals surface area contributed by atoms with Gasteiger partial charge in [0.1, 0.15) is 0 Å². The van der Waals surface area contributed by atoms with Gasteiger partial charge in [0.2, 0.25) is 11.8 Å². The molecule has 0 spiro atoms. The molecule has 0 aromatic heterocycles. The van der Waals surface area contributed by atoms with E-state index < -0.39 is 0 Å². The van der Waals surface area contributed by atoms with Crippen molar-refractivity contribution in [1.29, 1.82) is 0 Å². The van der Waals surface area contributed by atoms with Gasteiger partial charge < -0.3 is 10.6 Å². The van der Waals surface area contributed by atoms with Crippen molar-refractivity contribution in [2.75, 3.05) is 0 Å². The van der Waals surface area contributed by atoms with Crippen LogP contribution in [0.5, 0.6) is 0 Å². The summed E-state index contributed by atoms with van der Waals surface area (Å²) in [6.45, 7) is 5.27. The van der Waals surface area contributed by atoms with E-state index in [-0.39, 0.29) is 23.4 Å². The Balaban J connectivity index is 2.14. The smallest absolute Gasteiger partial charge is 0.217 e. The highest BCUT2D eigenvalue weighted by molar-refractivity contribution is 5.74. The van der Waals surface area contributed by atoms with Gasteiger partial charge in [-0.05, 0) is 31.6 Å². The van der Waals surface area contributed by atoms with Gasteiger partial charge in [0, 0.05) is 31.3 Å². The average molecular weight is 238 g/mol. The van der Waals surface area contributed by atoms with E-state index in [0.29, 0.717) is 11.8 Å². The molecule has 4 atom stereocenters. The van der Waals surface area contributed by atoms with Gasteiger partial charge in [0.25, 0.3) is 0 Å². The maximum absolute atomic E-state index is 11.4. The molecule has 0 aromatic rings. The van der Waals surface area contributed by atoms with Gasteiger partial charge in [-0.2, -0.15) is 0 Å². The second-order valence-electron chi connectivity index (χ2n) is 5.65. The largest absolute Gasteiger partial charge is 0.353 e. The topological polar surface area (TPSA) is 58.2 Å². The highest BCUT2D eigenvalue weighted by Gasteiger charge is 2.55. The van der Waals surface area contributed by atoms with Crippen LogP contribution in [0.1, 0.15) is 46.5 Å². The van der Waals surface area contributed by atoms with E-state index in [9.17, 15) is 9.59 Å². The van der Waals surface area contributed by atoms with Gasteiger partial charge in [0.15, 0.2) is 0 Å². The van der Waals surface area contributed by atoms with Crippen LogP contribution in [0, 0.1) is 11.8 Å². The van der Waals surface area contributed by atoms with Gasteiger partial charge in [-0.25, -0.2) is 0 Å². The lowest BCUT2D eigenvalue weighted by Gasteiger charge is -2.41. The number of hydrogen-bond acceptors (Lipinski definition) is 2. The van der Waals surface area contributed by atoms with Crippen molar-refractivity contribution >= 4 is 11.8 Å². The van der Waals surface area contributed by atoms with Crippen LogP contribution in [-0.4, -0.2) is 23.4 Å². The second kappa shape index (κ2) is 4.31. The van der Waals surface area contributed by atoms with Crippen LogP contribution in [0.2, 0.25) is 0 Å². The molecule has 0 heterocycles. The number of hydrogen-bond donors (Lipinski definition) is 2. The number of fused-ring (bicyclic) bond motifs is 2. The average Bonchev–Trinajstić information content (AvgIpc) is 2.73. The highest BCUT2D eigenvalue weighted by atomic mass is 16.2. The molecule has 0 radical (unpaired) electrons. The van der Waals surface area contributed by atoms with Gasteiger partial charge in [-0.3, -0.25) is 9.59 Å². The van der Waals surface area contributed by atoms with Crippen LogP contribution in [0.3, 0.4) is 0 Å². The first-order valence-electron chi connectivity index (χ1n) is 6.52. The number of nitrogens with one attached hydrogen (secondary N) is 2. The van der Waals surface area contributed by atoms with Crippen molar-refractivity contribution in [1.82, 2.24) is 10.6 Å². The normalized spacial score (nSPS) is 39.1. The zero-order chi connectivity index (χ0) is 12.6. The van der Waals surface area contributed by atoms with Crippen LogP contribution >= 0.6 is 0 Å². The first-order chi connectivity index (χ1) is 7.97. The fourth-order valence-electron chi connectivity index (χ4n) is 4.00. The van der Waals surface area contributed by atoms with E-state index >= 15 is 0 Å². The Morgan fingerprint density at radius 3 is 2.41 bits per heavy atom. The zero-order valence-corrected chi connectivity index (χ0v) is 10.9. The third-order valence-electron chi connectivity index (χ3n) is 4.47. The Kier molecular flexibility index (Phi) is 3.15. The molecular weight excluding hydrogens is 216 g/mol. The Labute approximate surface area is 103 Å². The summed E-state index contributed by atoms with van der Waals surface area (Å²) in [7, 11) is 0. The Hall–Kier alpha value is -1.06. The summed E-state index contributed by atoms with van der Waals surface area (Å²) in [5, 5.41) is 6.19. The minimum absolute atomic E-state index is 0.0374. The molecule has 4 unspecified atom stereocenters. The van der Waals surface area contributed by atoms with Crippen molar-refractivity contribution in [3.8, 4) is 0 Å². The predicted molar refractivity (Wildman–Crippen MR) is 65.3 cm³/mol. The first-order valence-corrected chi connectivity index (χ1v) is 6.52. The van der Waals surface area contributed by atoms with Crippen molar-refractivity contribution in [3.63, 3.8) is 0 Å². The molecule has 2 amide bonds. The fourth-order valence-corrected chi connectivity index (χ4v) is 4.00. The Morgan fingerprint density at radius 1 is 1.24 bits per heavy atom. The first kappa shape index (κ1) is 12.4. The van der Waals surface area contributed by atoms with Gasteiger partial charge in [0.05, 0.1) is 0 Å². The van der Waals surface area contributed by atoms with Crippen molar-refractivity contribution in [2.24, 2.45) is 11.8 Å². The van der Waals surface area contributed by atoms with Gasteiger partial charge >= 0.3 is 0 Å². The molecule has 2 bridgehead atoms. The zero-order valence-electron chi connectivity index (χ0n) is 10.9. The molecule has 0 aromatic carbocycles. The standard InChI is InChI=1S/C13H22N2O2/c1-4-13(15-9(3)17)7-10-5-11(13)12(6-10)14-8(2)16/h10-12H,4-7H2,1-3H3,(H,14,16)(H,15,17). The minimum Gasteiger partial charge on any atom is -0.353 e. The molecular formula is C13H22N2O2. The summed E-state index contributed by atoms with van der Waals surface area (Å²) >= 11 is 0. The van der Waals surface area contributed by atoms with Crippen LogP contribution in [0.15, 0.2) is 0 Å². The van der Waals surface area contributed by atoms with Crippen LogP contribution in [-0.2, 0) is 9.59 Å². The van der Waals surface area contributed by atoms with Crippen LogP contribution in [0.4, 0.5) is 0 Å². The molecule has 96 valence electrons. The molecule has 17 heavy (non-hydrogen) atoms. The third kappa shape index (κ3) is 2.17. The lowest BCUT2D eigenvalue weighted by Crippen LogP contribution is -2.57. The maximum Gasteiger partial charge on any atom is 0.217 e. The van der Waals surface area contributed by atoms with Gasteiger partial charge in [-0.15, -0.1) is 0 Å². The monoisotopic (exact) mass is 238 g/mol. The lowest BCUT2D eigenvalue weighted by atomic mass is 9.76. The van der Waals surface area contributed by atoms with E-state index in [1.165, 1.54) is 0 Å². The number of amides is 2. The van der Waals surface area contributed by atoms with E-state index in [0.717, 1.165) is 25.7 Å². The third-order valence-corrected chi connectivity index (χ3v) is 4.47. The summed E-state index contributed by atoms with van der Waals surface area (Å²) in [5.74, 6) is 1.14. The Bertz CT molecular complexity index is 342. The van der Waals surface area contributed by atoms with Gasteiger partial charge in [-0.1, -0.05) is 6.92 Å². The lowest BCUT2D eigenvalue weighted by molar-refractivity contribution is -0.122. The van der Waals surface area contributed by atoms with Crippen molar-refractivity contribution in [2.45, 2.75) is 58.0 Å². The fraction of sp³-hybridized carbons (Fsp3) is 0.846. The Morgan fingerprint density at radius 2 is 1.94 bits per heavy atom. The molecule has 0 aliphatic heterocycles. The number of rotatable bonds is 3. The van der Waals surface area contributed by atoms with Crippen LogP contribution < -0.4 is 10.6 Å². The summed E-state index contributed by atoms with van der Waals surface area (Å²) < 4.78 is 0. The van der Waals surface area contributed by atoms with Crippen molar-refractivity contribution in [3.05, 3.63) is 0 Å². The quantitative estimate of drug-likeness (QED) is 0.776. The molecule has 2 aliphatic carbocycles. The van der Waals surface area contributed by atoms with E-state index in [2.05, 4.69) is 17.6 Å². The molecule has 2 fully saturated rings. The summed E-state index contributed by atoms with van der Waals surface area (Å²) in [4.78, 5) is 22.6. The molecule has 2 N–H and O–H groups in total. The van der Waals surface area contributed by atoms with Crippen LogP contribution in [0.25, 0.3) is 0 Å². The second-order valence-corrected chi connectivity index (χ2v) is 5.65. The molecule has 4 nitrogen and oxygen atoms in total. The highest BCUT2D eigenvalue weighted by Crippen LogP contribution is 2.52. The summed E-state index contributed by atoms with van der Waals surface area (Å²) in [5.41, 5.74) is -0.0815. The molecule has 2 aliphatic rings. The van der Waals surface area contributed by atoms with Crippen molar-refractivity contribution < 1.29 is 9.59 Å². The maximum atomic E-state index is 11.4. The molecule has 2 rings (SSSR count). The molecule has 4 heteroatoms. The van der Waals surface area contributed by atoms with E-state index in [4.69, 9.17) is 0 Å². The number of carbonyl (C=O) groups is 2. The SMILES string of the molecule is CCC1(NC(C)=O)CC2CC(NC(C)=O)C1C2. The molecule has 2 saturated carbocycles. The summed E-state index contributed by atoms with van der Waals surface area (Å²) in [6.07, 6.45) is 4.23.